The summed E-state index contributed by atoms with van der Waals surface area (Å²) in [5, 5.41) is 11.5. The molecule has 0 saturated carbocycles. The van der Waals surface area contributed by atoms with Gasteiger partial charge in [0.25, 0.3) is 0 Å². The highest BCUT2D eigenvalue weighted by molar-refractivity contribution is 5.84. The topological polar surface area (TPSA) is 98.7 Å². The number of carbonyl (C=O) groups is 2. The summed E-state index contributed by atoms with van der Waals surface area (Å²) in [5.74, 6) is -0.462. The summed E-state index contributed by atoms with van der Waals surface area (Å²) in [6, 6.07) is -0.0561. The molecule has 2 N–H and O–H groups in total. The van der Waals surface area contributed by atoms with E-state index in [-0.39, 0.29) is 11.7 Å². The fraction of sp³-hybridized carbons (Fsp3) is 0.500. The number of amides is 2. The van der Waals surface area contributed by atoms with Crippen LogP contribution in [0.15, 0.2) is 12.4 Å². The van der Waals surface area contributed by atoms with Crippen molar-refractivity contribution in [2.45, 2.75) is 6.92 Å². The van der Waals surface area contributed by atoms with Gasteiger partial charge in [0.05, 0.1) is 12.4 Å². The van der Waals surface area contributed by atoms with Crippen LogP contribution in [0.5, 0.6) is 0 Å². The minimum atomic E-state index is -1.09. The van der Waals surface area contributed by atoms with E-state index in [9.17, 15) is 9.59 Å². The maximum atomic E-state index is 11.7. The molecule has 8 nitrogen and oxygen atoms in total. The number of carbonyl (C=O) groups excluding carboxylic acids is 1. The van der Waals surface area contributed by atoms with Crippen molar-refractivity contribution in [3.63, 3.8) is 0 Å². The third-order valence-electron chi connectivity index (χ3n) is 3.08. The number of nitrogens with one attached hydrogen (secondary N) is 1. The van der Waals surface area contributed by atoms with Gasteiger partial charge >= 0.3 is 12.0 Å². The molecule has 1 aromatic rings. The van der Waals surface area contributed by atoms with E-state index in [1.54, 1.807) is 4.90 Å². The highest BCUT2D eigenvalue weighted by Gasteiger charge is 2.21. The first kappa shape index (κ1) is 14.0. The Balaban J connectivity index is 1.93. The van der Waals surface area contributed by atoms with Crippen LogP contribution >= 0.6 is 0 Å². The largest absolute Gasteiger partial charge is 0.476 e. The summed E-state index contributed by atoms with van der Waals surface area (Å²) in [6.45, 7) is 5.01. The third-order valence-corrected chi connectivity index (χ3v) is 3.08. The first-order chi connectivity index (χ1) is 9.61. The zero-order chi connectivity index (χ0) is 14.5. The molecule has 108 valence electrons. The van der Waals surface area contributed by atoms with E-state index in [2.05, 4.69) is 15.3 Å². The lowest BCUT2D eigenvalue weighted by Gasteiger charge is -2.35. The quantitative estimate of drug-likeness (QED) is 0.809. The molecule has 1 aromatic heterocycles. The molecular weight excluding hydrogens is 262 g/mol. The van der Waals surface area contributed by atoms with Crippen molar-refractivity contribution in [1.82, 2.24) is 20.2 Å². The summed E-state index contributed by atoms with van der Waals surface area (Å²) in [4.78, 5) is 34.0. The van der Waals surface area contributed by atoms with Gasteiger partial charge in [0.2, 0.25) is 0 Å². The molecule has 8 heteroatoms. The Morgan fingerprint density at radius 2 is 1.95 bits per heavy atom. The van der Waals surface area contributed by atoms with Gasteiger partial charge in [-0.2, -0.15) is 0 Å². The lowest BCUT2D eigenvalue weighted by molar-refractivity contribution is 0.0690. The lowest BCUT2D eigenvalue weighted by atomic mass is 10.3. The van der Waals surface area contributed by atoms with E-state index in [1.165, 1.54) is 12.4 Å². The molecule has 0 aromatic carbocycles. The van der Waals surface area contributed by atoms with Crippen LogP contribution in [-0.4, -0.2) is 64.7 Å². The summed E-state index contributed by atoms with van der Waals surface area (Å²) in [5.41, 5.74) is -0.0743. The monoisotopic (exact) mass is 279 g/mol. The van der Waals surface area contributed by atoms with E-state index in [4.69, 9.17) is 5.11 Å². The van der Waals surface area contributed by atoms with Crippen molar-refractivity contribution in [1.29, 1.82) is 0 Å². The number of urea groups is 1. The van der Waals surface area contributed by atoms with E-state index in [1.807, 2.05) is 11.8 Å². The van der Waals surface area contributed by atoms with Gasteiger partial charge in [-0.05, 0) is 6.92 Å². The summed E-state index contributed by atoms with van der Waals surface area (Å²) in [6.07, 6.45) is 2.69. The molecule has 1 saturated heterocycles. The number of carboxylic acid groups (broad SMARTS) is 1. The van der Waals surface area contributed by atoms with Crippen molar-refractivity contribution < 1.29 is 14.7 Å². The minimum absolute atomic E-state index is 0.0561. The SMILES string of the molecule is CCNC(=O)N1CCN(c2cnc(C(=O)O)cn2)CC1. The highest BCUT2D eigenvalue weighted by Crippen LogP contribution is 2.12. The number of carboxylic acids is 1. The number of hydrogen-bond donors (Lipinski definition) is 2. The smallest absolute Gasteiger partial charge is 0.356 e. The molecule has 1 aliphatic rings. The Bertz CT molecular complexity index is 482. The maximum absolute atomic E-state index is 11.7. The van der Waals surface area contributed by atoms with Crippen molar-refractivity contribution in [2.75, 3.05) is 37.6 Å². The normalized spacial score (nSPS) is 15.1. The van der Waals surface area contributed by atoms with E-state index < -0.39 is 5.97 Å². The van der Waals surface area contributed by atoms with Crippen LogP contribution in [-0.2, 0) is 0 Å². The number of rotatable bonds is 3. The van der Waals surface area contributed by atoms with Gasteiger partial charge in [-0.15, -0.1) is 0 Å². The second kappa shape index (κ2) is 6.18. The Labute approximate surface area is 116 Å². The molecule has 0 aliphatic carbocycles. The van der Waals surface area contributed by atoms with Gasteiger partial charge in [0, 0.05) is 32.7 Å². The van der Waals surface area contributed by atoms with Crippen LogP contribution in [0, 0.1) is 0 Å². The van der Waals surface area contributed by atoms with Crippen molar-refractivity contribution >= 4 is 17.8 Å². The van der Waals surface area contributed by atoms with Crippen LogP contribution in [0.2, 0.25) is 0 Å². The third kappa shape index (κ3) is 3.14. The molecule has 2 heterocycles. The summed E-state index contributed by atoms with van der Waals surface area (Å²) >= 11 is 0. The maximum Gasteiger partial charge on any atom is 0.356 e. The van der Waals surface area contributed by atoms with Gasteiger partial charge in [0.15, 0.2) is 5.69 Å². The molecule has 0 bridgehead atoms. The molecule has 1 aliphatic heterocycles. The van der Waals surface area contributed by atoms with Crippen molar-refractivity contribution in [3.8, 4) is 0 Å². The molecule has 0 unspecified atom stereocenters. The second-order valence-electron chi connectivity index (χ2n) is 4.37. The fourth-order valence-electron chi connectivity index (χ4n) is 2.00. The second-order valence-corrected chi connectivity index (χ2v) is 4.37. The molecule has 2 amide bonds. The number of aromatic carboxylic acids is 1. The average molecular weight is 279 g/mol. The number of aromatic nitrogens is 2. The Morgan fingerprint density at radius 3 is 2.45 bits per heavy atom. The predicted octanol–water partition coefficient (Wildman–Crippen LogP) is 0.0263. The minimum Gasteiger partial charge on any atom is -0.476 e. The van der Waals surface area contributed by atoms with Gasteiger partial charge in [-0.3, -0.25) is 0 Å². The molecule has 0 atom stereocenters. The van der Waals surface area contributed by atoms with Gasteiger partial charge in [-0.1, -0.05) is 0 Å². The van der Waals surface area contributed by atoms with Crippen LogP contribution in [0.3, 0.4) is 0 Å². The first-order valence-electron chi connectivity index (χ1n) is 6.45. The molecule has 0 radical (unpaired) electrons. The molecule has 1 fully saturated rings. The number of piperazine rings is 1. The molecule has 2 rings (SSSR count). The van der Waals surface area contributed by atoms with Gasteiger partial charge in [-0.25, -0.2) is 19.6 Å². The van der Waals surface area contributed by atoms with Crippen LogP contribution in [0.4, 0.5) is 10.6 Å². The van der Waals surface area contributed by atoms with Crippen LogP contribution in [0.1, 0.15) is 17.4 Å². The Kier molecular flexibility index (Phi) is 4.34. The zero-order valence-electron chi connectivity index (χ0n) is 11.2. The number of hydrogen-bond acceptors (Lipinski definition) is 5. The van der Waals surface area contributed by atoms with E-state index >= 15 is 0 Å². The Hall–Kier alpha value is -2.38. The standard InChI is InChI=1S/C12H17N5O3/c1-2-13-12(20)17-5-3-16(4-6-17)10-8-14-9(7-15-10)11(18)19/h7-8H,2-6H2,1H3,(H,13,20)(H,18,19). The fourth-order valence-corrected chi connectivity index (χ4v) is 2.00. The number of nitrogens with zero attached hydrogens (tertiary/aromatic N) is 4. The first-order valence-corrected chi connectivity index (χ1v) is 6.45. The van der Waals surface area contributed by atoms with E-state index in [0.29, 0.717) is 38.5 Å². The molecule has 20 heavy (non-hydrogen) atoms. The van der Waals surface area contributed by atoms with Crippen molar-refractivity contribution in [2.24, 2.45) is 0 Å². The van der Waals surface area contributed by atoms with Gasteiger partial charge in [0.1, 0.15) is 5.82 Å². The summed E-state index contributed by atoms with van der Waals surface area (Å²) < 4.78 is 0. The average Bonchev–Trinajstić information content (AvgIpc) is 2.48. The van der Waals surface area contributed by atoms with E-state index in [0.717, 1.165) is 0 Å². The Morgan fingerprint density at radius 1 is 1.25 bits per heavy atom. The lowest BCUT2D eigenvalue weighted by Crippen LogP contribution is -2.52. The molecular formula is C12H17N5O3. The van der Waals surface area contributed by atoms with Crippen LogP contribution in [0.25, 0.3) is 0 Å². The number of anilines is 1. The highest BCUT2D eigenvalue weighted by atomic mass is 16.4. The predicted molar refractivity (Wildman–Crippen MR) is 71.9 cm³/mol. The van der Waals surface area contributed by atoms with Gasteiger partial charge < -0.3 is 20.2 Å². The van der Waals surface area contributed by atoms with Crippen molar-refractivity contribution in [3.05, 3.63) is 18.1 Å². The summed E-state index contributed by atoms with van der Waals surface area (Å²) in [7, 11) is 0. The van der Waals surface area contributed by atoms with Crippen LogP contribution < -0.4 is 10.2 Å². The zero-order valence-corrected chi connectivity index (χ0v) is 11.2. The molecule has 0 spiro atoms.